The number of ether oxygens (including phenoxy) is 1. The van der Waals surface area contributed by atoms with E-state index in [0.717, 1.165) is 15.1 Å². The first-order valence-electron chi connectivity index (χ1n) is 6.06. The second-order valence-electron chi connectivity index (χ2n) is 4.07. The lowest BCUT2D eigenvalue weighted by molar-refractivity contribution is 0.0530. The number of nitrogens with two attached hydrogens (primary N) is 1. The van der Waals surface area contributed by atoms with Gasteiger partial charge in [-0.3, -0.25) is 0 Å². The summed E-state index contributed by atoms with van der Waals surface area (Å²) in [6.45, 7) is 0.366. The molecule has 0 heterocycles. The Morgan fingerprint density at radius 1 is 1.20 bits per heavy atom. The molecule has 2 rings (SSSR count). The molecule has 2 aromatic carbocycles. The van der Waals surface area contributed by atoms with Gasteiger partial charge in [-0.05, 0) is 30.3 Å². The SMILES string of the molecule is Nc1cc(Br)cc(C(=O)OCCSc2ccccc2)c1. The van der Waals surface area contributed by atoms with E-state index in [1.165, 1.54) is 0 Å². The number of esters is 1. The molecule has 0 fully saturated rings. The monoisotopic (exact) mass is 351 g/mol. The van der Waals surface area contributed by atoms with E-state index in [1.807, 2.05) is 30.3 Å². The maximum absolute atomic E-state index is 11.9. The topological polar surface area (TPSA) is 52.3 Å². The van der Waals surface area contributed by atoms with Gasteiger partial charge in [-0.2, -0.15) is 0 Å². The van der Waals surface area contributed by atoms with E-state index < -0.39 is 0 Å². The summed E-state index contributed by atoms with van der Waals surface area (Å²) in [5, 5.41) is 0. The molecule has 0 unspecified atom stereocenters. The second kappa shape index (κ2) is 7.36. The quantitative estimate of drug-likeness (QED) is 0.383. The van der Waals surface area contributed by atoms with Crippen molar-refractivity contribution in [3.05, 3.63) is 58.6 Å². The number of carbonyl (C=O) groups excluding carboxylic acids is 1. The average molecular weight is 352 g/mol. The molecule has 0 saturated carbocycles. The van der Waals surface area contributed by atoms with Gasteiger partial charge >= 0.3 is 5.97 Å². The first kappa shape index (κ1) is 14.9. The number of carbonyl (C=O) groups is 1. The molecule has 104 valence electrons. The molecule has 0 amide bonds. The zero-order chi connectivity index (χ0) is 14.4. The number of thioether (sulfide) groups is 1. The summed E-state index contributed by atoms with van der Waals surface area (Å²) in [7, 11) is 0. The first-order valence-corrected chi connectivity index (χ1v) is 7.84. The summed E-state index contributed by atoms with van der Waals surface area (Å²) >= 11 is 4.95. The van der Waals surface area contributed by atoms with E-state index in [2.05, 4.69) is 15.9 Å². The third kappa shape index (κ3) is 4.58. The van der Waals surface area contributed by atoms with E-state index in [0.29, 0.717) is 17.9 Å². The third-order valence-electron chi connectivity index (χ3n) is 2.48. The molecule has 0 spiro atoms. The summed E-state index contributed by atoms with van der Waals surface area (Å²) in [5.41, 5.74) is 6.68. The van der Waals surface area contributed by atoms with Crippen molar-refractivity contribution in [2.45, 2.75) is 4.90 Å². The number of hydrogen-bond donors (Lipinski definition) is 1. The Balaban J connectivity index is 1.80. The van der Waals surface area contributed by atoms with Crippen LogP contribution >= 0.6 is 27.7 Å². The van der Waals surface area contributed by atoms with Crippen LogP contribution in [0.1, 0.15) is 10.4 Å². The minimum absolute atomic E-state index is 0.355. The van der Waals surface area contributed by atoms with Gasteiger partial charge in [0.15, 0.2) is 0 Å². The van der Waals surface area contributed by atoms with Crippen LogP contribution in [0.4, 0.5) is 5.69 Å². The van der Waals surface area contributed by atoms with Crippen molar-refractivity contribution in [3.63, 3.8) is 0 Å². The van der Waals surface area contributed by atoms with Crippen molar-refractivity contribution in [3.8, 4) is 0 Å². The van der Waals surface area contributed by atoms with E-state index in [1.54, 1.807) is 30.0 Å². The van der Waals surface area contributed by atoms with Gasteiger partial charge in [-0.25, -0.2) is 4.79 Å². The largest absolute Gasteiger partial charge is 0.461 e. The van der Waals surface area contributed by atoms with Crippen molar-refractivity contribution < 1.29 is 9.53 Å². The van der Waals surface area contributed by atoms with E-state index >= 15 is 0 Å². The summed E-state index contributed by atoms with van der Waals surface area (Å²) in [5.74, 6) is 0.367. The van der Waals surface area contributed by atoms with Crippen molar-refractivity contribution in [1.29, 1.82) is 0 Å². The Hall–Kier alpha value is -1.46. The summed E-state index contributed by atoms with van der Waals surface area (Å²) < 4.78 is 5.99. The predicted octanol–water partition coefficient (Wildman–Crippen LogP) is 3.98. The van der Waals surface area contributed by atoms with Crippen LogP contribution in [0, 0.1) is 0 Å². The summed E-state index contributed by atoms with van der Waals surface area (Å²) in [6.07, 6.45) is 0. The fourth-order valence-corrected chi connectivity index (χ4v) is 2.89. The number of halogens is 1. The number of hydrogen-bond acceptors (Lipinski definition) is 4. The highest BCUT2D eigenvalue weighted by atomic mass is 79.9. The third-order valence-corrected chi connectivity index (χ3v) is 3.92. The molecule has 0 aliphatic heterocycles. The highest BCUT2D eigenvalue weighted by Crippen LogP contribution is 2.19. The van der Waals surface area contributed by atoms with E-state index in [9.17, 15) is 4.79 Å². The molecule has 0 aliphatic rings. The van der Waals surface area contributed by atoms with Crippen molar-refractivity contribution >= 4 is 39.3 Å². The molecular formula is C15H14BrNO2S. The molecule has 5 heteroatoms. The number of anilines is 1. The summed E-state index contributed by atoms with van der Waals surface area (Å²) in [4.78, 5) is 13.0. The highest BCUT2D eigenvalue weighted by Gasteiger charge is 2.08. The standard InChI is InChI=1S/C15H14BrNO2S/c16-12-8-11(9-13(17)10-12)15(18)19-6-7-20-14-4-2-1-3-5-14/h1-5,8-10H,6-7,17H2. The van der Waals surface area contributed by atoms with E-state index in [4.69, 9.17) is 10.5 Å². The Morgan fingerprint density at radius 3 is 2.65 bits per heavy atom. The Morgan fingerprint density at radius 2 is 1.95 bits per heavy atom. The smallest absolute Gasteiger partial charge is 0.338 e. The lowest BCUT2D eigenvalue weighted by Gasteiger charge is -2.06. The molecule has 0 aromatic heterocycles. The van der Waals surface area contributed by atoms with Crippen LogP contribution in [0.5, 0.6) is 0 Å². The zero-order valence-corrected chi connectivity index (χ0v) is 13.1. The van der Waals surface area contributed by atoms with Crippen LogP contribution in [0.3, 0.4) is 0 Å². The van der Waals surface area contributed by atoms with Gasteiger partial charge in [-0.15, -0.1) is 11.8 Å². The fourth-order valence-electron chi connectivity index (χ4n) is 1.62. The molecule has 0 atom stereocenters. The second-order valence-corrected chi connectivity index (χ2v) is 6.15. The number of benzene rings is 2. The van der Waals surface area contributed by atoms with Gasteiger partial charge < -0.3 is 10.5 Å². The lowest BCUT2D eigenvalue weighted by Crippen LogP contribution is -2.08. The molecule has 20 heavy (non-hydrogen) atoms. The van der Waals surface area contributed by atoms with Crippen LogP contribution in [-0.4, -0.2) is 18.3 Å². The molecule has 0 radical (unpaired) electrons. The van der Waals surface area contributed by atoms with Crippen molar-refractivity contribution in [2.75, 3.05) is 18.1 Å². The molecular weight excluding hydrogens is 338 g/mol. The predicted molar refractivity (Wildman–Crippen MR) is 86.0 cm³/mol. The van der Waals surface area contributed by atoms with Gasteiger partial charge in [0.1, 0.15) is 6.61 Å². The van der Waals surface area contributed by atoms with Gasteiger partial charge in [0.25, 0.3) is 0 Å². The minimum Gasteiger partial charge on any atom is -0.461 e. The van der Waals surface area contributed by atoms with Crippen LogP contribution < -0.4 is 5.73 Å². The number of nitrogen functional groups attached to an aromatic ring is 1. The average Bonchev–Trinajstić information content (AvgIpc) is 2.43. The minimum atomic E-state index is -0.355. The maximum atomic E-state index is 11.9. The van der Waals surface area contributed by atoms with Gasteiger partial charge in [0.05, 0.1) is 5.56 Å². The Bertz CT molecular complexity index is 569. The molecule has 3 nitrogen and oxygen atoms in total. The zero-order valence-electron chi connectivity index (χ0n) is 10.7. The highest BCUT2D eigenvalue weighted by molar-refractivity contribution is 9.10. The number of rotatable bonds is 5. The van der Waals surface area contributed by atoms with Gasteiger partial charge in [0.2, 0.25) is 0 Å². The van der Waals surface area contributed by atoms with Crippen molar-refractivity contribution in [1.82, 2.24) is 0 Å². The summed E-state index contributed by atoms with van der Waals surface area (Å²) in [6, 6.07) is 15.0. The Labute approximate surface area is 130 Å². The molecule has 0 saturated heterocycles. The van der Waals surface area contributed by atoms with Crippen LogP contribution in [0.15, 0.2) is 57.9 Å². The van der Waals surface area contributed by atoms with E-state index in [-0.39, 0.29) is 5.97 Å². The molecule has 0 bridgehead atoms. The van der Waals surface area contributed by atoms with Crippen LogP contribution in [-0.2, 0) is 4.74 Å². The van der Waals surface area contributed by atoms with Crippen LogP contribution in [0.2, 0.25) is 0 Å². The maximum Gasteiger partial charge on any atom is 0.338 e. The first-order chi connectivity index (χ1) is 9.65. The normalized spacial score (nSPS) is 10.2. The van der Waals surface area contributed by atoms with Gasteiger partial charge in [-0.1, -0.05) is 34.1 Å². The molecule has 2 N–H and O–H groups in total. The lowest BCUT2D eigenvalue weighted by atomic mass is 10.2. The van der Waals surface area contributed by atoms with Crippen LogP contribution in [0.25, 0.3) is 0 Å². The van der Waals surface area contributed by atoms with Crippen molar-refractivity contribution in [2.24, 2.45) is 0 Å². The molecule has 0 aliphatic carbocycles. The Kier molecular flexibility index (Phi) is 5.49. The molecule has 2 aromatic rings. The fraction of sp³-hybridized carbons (Fsp3) is 0.133. The van der Waals surface area contributed by atoms with Gasteiger partial charge in [0, 0.05) is 20.8 Å².